The van der Waals surface area contributed by atoms with Gasteiger partial charge in [0.25, 0.3) is 0 Å². The number of esters is 1. The summed E-state index contributed by atoms with van der Waals surface area (Å²) in [6, 6.07) is 18.0. The van der Waals surface area contributed by atoms with Crippen molar-refractivity contribution < 1.29 is 19.0 Å². The van der Waals surface area contributed by atoms with E-state index in [1.807, 2.05) is 36.4 Å². The van der Waals surface area contributed by atoms with Crippen molar-refractivity contribution in [2.24, 2.45) is 0 Å². The summed E-state index contributed by atoms with van der Waals surface area (Å²) in [5.74, 6) is 0.902. The lowest BCUT2D eigenvalue weighted by Crippen LogP contribution is -2.30. The number of rotatable bonds is 7. The zero-order chi connectivity index (χ0) is 16.5. The van der Waals surface area contributed by atoms with Crippen LogP contribution in [0.15, 0.2) is 54.6 Å². The molecule has 2 rings (SSSR count). The summed E-state index contributed by atoms with van der Waals surface area (Å²) in [7, 11) is 0. The van der Waals surface area contributed by atoms with Gasteiger partial charge in [0.2, 0.25) is 0 Å². The first-order valence-corrected chi connectivity index (χ1v) is 7.15. The van der Waals surface area contributed by atoms with Gasteiger partial charge in [0.05, 0.1) is 11.6 Å². The average molecular weight is 311 g/mol. The Balaban J connectivity index is 1.89. The van der Waals surface area contributed by atoms with Crippen LogP contribution in [0.25, 0.3) is 0 Å². The van der Waals surface area contributed by atoms with Gasteiger partial charge in [-0.15, -0.1) is 0 Å². The molecule has 0 bridgehead atoms. The minimum absolute atomic E-state index is 0.165. The van der Waals surface area contributed by atoms with Gasteiger partial charge in [-0.3, -0.25) is 4.79 Å². The van der Waals surface area contributed by atoms with Gasteiger partial charge >= 0.3 is 5.97 Å². The normalized spacial score (nSPS) is 11.1. The van der Waals surface area contributed by atoms with E-state index in [-0.39, 0.29) is 13.2 Å². The van der Waals surface area contributed by atoms with Crippen LogP contribution in [0, 0.1) is 11.3 Å². The molecule has 23 heavy (non-hydrogen) atoms. The zero-order valence-corrected chi connectivity index (χ0v) is 12.8. The topological polar surface area (TPSA) is 68.6 Å². The summed E-state index contributed by atoms with van der Waals surface area (Å²) in [5, 5.41) is 8.76. The van der Waals surface area contributed by atoms with Crippen molar-refractivity contribution in [1.82, 2.24) is 0 Å². The van der Waals surface area contributed by atoms with Crippen LogP contribution in [-0.2, 0) is 9.53 Å². The molecule has 0 N–H and O–H groups in total. The fourth-order valence-electron chi connectivity index (χ4n) is 1.87. The molecular weight excluding hydrogens is 294 g/mol. The Morgan fingerprint density at radius 2 is 1.57 bits per heavy atom. The smallest absolute Gasteiger partial charge is 0.303 e. The van der Waals surface area contributed by atoms with E-state index < -0.39 is 12.1 Å². The van der Waals surface area contributed by atoms with Crippen LogP contribution < -0.4 is 9.47 Å². The largest absolute Gasteiger partial charge is 0.490 e. The number of nitrogens with zero attached hydrogens (tertiary/aromatic N) is 1. The second kappa shape index (κ2) is 8.44. The van der Waals surface area contributed by atoms with E-state index in [1.54, 1.807) is 24.3 Å². The third kappa shape index (κ3) is 5.71. The highest BCUT2D eigenvalue weighted by Gasteiger charge is 2.14. The van der Waals surface area contributed by atoms with Crippen LogP contribution in [0.2, 0.25) is 0 Å². The van der Waals surface area contributed by atoms with Crippen LogP contribution >= 0.6 is 0 Å². The maximum atomic E-state index is 11.2. The van der Waals surface area contributed by atoms with Crippen molar-refractivity contribution in [3.8, 4) is 17.6 Å². The quantitative estimate of drug-likeness (QED) is 0.735. The molecule has 0 fully saturated rings. The van der Waals surface area contributed by atoms with Crippen LogP contribution in [0.1, 0.15) is 12.5 Å². The molecular formula is C18H17NO4. The molecule has 0 heterocycles. The Morgan fingerprint density at radius 3 is 2.09 bits per heavy atom. The zero-order valence-electron chi connectivity index (χ0n) is 12.8. The molecule has 0 aliphatic rings. The molecule has 0 amide bonds. The molecule has 0 aromatic heterocycles. The van der Waals surface area contributed by atoms with E-state index in [9.17, 15) is 4.79 Å². The number of hydrogen-bond acceptors (Lipinski definition) is 5. The predicted molar refractivity (Wildman–Crippen MR) is 84.1 cm³/mol. The Bertz CT molecular complexity index is 662. The number of carbonyl (C=O) groups excluding carboxylic acids is 1. The number of carbonyl (C=O) groups is 1. The van der Waals surface area contributed by atoms with Gasteiger partial charge < -0.3 is 14.2 Å². The van der Waals surface area contributed by atoms with Gasteiger partial charge in [-0.05, 0) is 36.4 Å². The van der Waals surface area contributed by atoms with Crippen molar-refractivity contribution in [2.75, 3.05) is 13.2 Å². The monoisotopic (exact) mass is 311 g/mol. The van der Waals surface area contributed by atoms with E-state index in [0.717, 1.165) is 0 Å². The molecule has 0 aliphatic carbocycles. The SMILES string of the molecule is CC(=O)OC(COc1ccccc1)COc1ccc(C#N)cc1. The molecule has 2 aromatic carbocycles. The Morgan fingerprint density at radius 1 is 1.00 bits per heavy atom. The van der Waals surface area contributed by atoms with Crippen LogP contribution in [0.5, 0.6) is 11.5 Å². The second-order valence-corrected chi connectivity index (χ2v) is 4.80. The Kier molecular flexibility index (Phi) is 6.01. The van der Waals surface area contributed by atoms with Gasteiger partial charge in [-0.1, -0.05) is 18.2 Å². The van der Waals surface area contributed by atoms with Gasteiger partial charge in [-0.2, -0.15) is 5.26 Å². The Hall–Kier alpha value is -3.00. The van der Waals surface area contributed by atoms with E-state index in [0.29, 0.717) is 17.1 Å². The van der Waals surface area contributed by atoms with Crippen molar-refractivity contribution >= 4 is 5.97 Å². The first kappa shape index (κ1) is 16.4. The number of hydrogen-bond donors (Lipinski definition) is 0. The van der Waals surface area contributed by atoms with Crippen LogP contribution in [0.3, 0.4) is 0 Å². The summed E-state index contributed by atoms with van der Waals surface area (Å²) >= 11 is 0. The lowest BCUT2D eigenvalue weighted by Gasteiger charge is -2.18. The summed E-state index contributed by atoms with van der Waals surface area (Å²) in [4.78, 5) is 11.2. The molecule has 118 valence electrons. The van der Waals surface area contributed by atoms with Crippen LogP contribution in [0.4, 0.5) is 0 Å². The summed E-state index contributed by atoms with van der Waals surface area (Å²) in [6.45, 7) is 1.70. The number of ether oxygens (including phenoxy) is 3. The molecule has 1 unspecified atom stereocenters. The molecule has 5 heteroatoms. The third-order valence-electron chi connectivity index (χ3n) is 2.93. The van der Waals surface area contributed by atoms with E-state index in [4.69, 9.17) is 19.5 Å². The fourth-order valence-corrected chi connectivity index (χ4v) is 1.87. The minimum Gasteiger partial charge on any atom is -0.490 e. The van der Waals surface area contributed by atoms with Gasteiger partial charge in [-0.25, -0.2) is 0 Å². The number of nitriles is 1. The highest BCUT2D eigenvalue weighted by atomic mass is 16.6. The average Bonchev–Trinajstić information content (AvgIpc) is 2.58. The van der Waals surface area contributed by atoms with E-state index >= 15 is 0 Å². The summed E-state index contributed by atoms with van der Waals surface area (Å²) < 4.78 is 16.4. The molecule has 0 saturated heterocycles. The minimum atomic E-state index is -0.525. The first-order valence-electron chi connectivity index (χ1n) is 7.15. The third-order valence-corrected chi connectivity index (χ3v) is 2.93. The highest BCUT2D eigenvalue weighted by molar-refractivity contribution is 5.66. The lowest BCUT2D eigenvalue weighted by molar-refractivity contribution is -0.149. The standard InChI is InChI=1S/C18H17NO4/c1-14(20)23-18(12-21-16-5-3-2-4-6-16)13-22-17-9-7-15(11-19)8-10-17/h2-10,18H,12-13H2,1H3. The fraction of sp³-hybridized carbons (Fsp3) is 0.222. The van der Waals surface area contributed by atoms with E-state index in [1.165, 1.54) is 6.92 Å². The van der Waals surface area contributed by atoms with Crippen molar-refractivity contribution in [3.05, 3.63) is 60.2 Å². The van der Waals surface area contributed by atoms with Gasteiger partial charge in [0.1, 0.15) is 24.7 Å². The van der Waals surface area contributed by atoms with Crippen molar-refractivity contribution in [1.29, 1.82) is 5.26 Å². The van der Waals surface area contributed by atoms with E-state index in [2.05, 4.69) is 0 Å². The maximum Gasteiger partial charge on any atom is 0.303 e. The van der Waals surface area contributed by atoms with Crippen LogP contribution in [-0.4, -0.2) is 25.3 Å². The molecule has 0 radical (unpaired) electrons. The molecule has 1 atom stereocenters. The van der Waals surface area contributed by atoms with Gasteiger partial charge in [0.15, 0.2) is 6.10 Å². The molecule has 2 aromatic rings. The Labute approximate surface area is 135 Å². The lowest BCUT2D eigenvalue weighted by atomic mass is 10.2. The number of benzene rings is 2. The van der Waals surface area contributed by atoms with Gasteiger partial charge in [0, 0.05) is 6.92 Å². The maximum absolute atomic E-state index is 11.2. The summed E-state index contributed by atoms with van der Waals surface area (Å²) in [5.41, 5.74) is 0.557. The molecule has 0 saturated carbocycles. The summed E-state index contributed by atoms with van der Waals surface area (Å²) in [6.07, 6.45) is -0.525. The molecule has 5 nitrogen and oxygen atoms in total. The predicted octanol–water partition coefficient (Wildman–Crippen LogP) is 2.95. The van der Waals surface area contributed by atoms with Crippen molar-refractivity contribution in [3.63, 3.8) is 0 Å². The highest BCUT2D eigenvalue weighted by Crippen LogP contribution is 2.13. The first-order chi connectivity index (χ1) is 11.2. The van der Waals surface area contributed by atoms with Crippen molar-refractivity contribution in [2.45, 2.75) is 13.0 Å². The number of para-hydroxylation sites is 1. The second-order valence-electron chi connectivity index (χ2n) is 4.80. The molecule has 0 spiro atoms. The molecule has 0 aliphatic heterocycles.